The summed E-state index contributed by atoms with van der Waals surface area (Å²) in [6.45, 7) is 5.12. The second-order valence-corrected chi connectivity index (χ2v) is 6.09. The second-order valence-electron chi connectivity index (χ2n) is 6.09. The van der Waals surface area contributed by atoms with Crippen LogP contribution in [0.5, 0.6) is 0 Å². The minimum atomic E-state index is 0.161. The molecule has 0 aromatic heterocycles. The Balaban J connectivity index is 1.75. The van der Waals surface area contributed by atoms with E-state index >= 15 is 0 Å². The minimum Gasteiger partial charge on any atom is -0.381 e. The molecule has 20 heavy (non-hydrogen) atoms. The van der Waals surface area contributed by atoms with Gasteiger partial charge in [0.05, 0.1) is 6.54 Å². The van der Waals surface area contributed by atoms with Crippen LogP contribution in [0.2, 0.25) is 0 Å². The number of nitrogens with two attached hydrogens (primary N) is 1. The summed E-state index contributed by atoms with van der Waals surface area (Å²) in [5, 5.41) is 3.15. The molecule has 0 unspecified atom stereocenters. The van der Waals surface area contributed by atoms with Crippen LogP contribution in [-0.4, -0.2) is 55.2 Å². The van der Waals surface area contributed by atoms with Crippen LogP contribution in [0.3, 0.4) is 0 Å². The number of carbonyl (C=O) groups excluding carboxylic acids is 1. The molecule has 0 aromatic carbocycles. The highest BCUT2D eigenvalue weighted by molar-refractivity contribution is 5.78. The highest BCUT2D eigenvalue weighted by Gasteiger charge is 2.25. The Kier molecular flexibility index (Phi) is 6.26. The number of ether oxygens (including phenoxy) is 1. The van der Waals surface area contributed by atoms with Crippen molar-refractivity contribution in [3.8, 4) is 0 Å². The van der Waals surface area contributed by atoms with E-state index in [9.17, 15) is 4.79 Å². The van der Waals surface area contributed by atoms with Crippen LogP contribution in [-0.2, 0) is 9.53 Å². The third-order valence-electron chi connectivity index (χ3n) is 4.60. The Morgan fingerprint density at radius 2 is 1.85 bits per heavy atom. The highest BCUT2D eigenvalue weighted by Crippen LogP contribution is 2.21. The Bertz CT molecular complexity index is 297. The van der Waals surface area contributed by atoms with E-state index in [-0.39, 0.29) is 5.91 Å². The summed E-state index contributed by atoms with van der Waals surface area (Å²) in [6, 6.07) is 1.19. The molecule has 1 amide bonds. The van der Waals surface area contributed by atoms with Gasteiger partial charge in [-0.15, -0.1) is 0 Å². The first-order valence-corrected chi connectivity index (χ1v) is 8.05. The van der Waals surface area contributed by atoms with Crippen LogP contribution in [0.4, 0.5) is 0 Å². The lowest BCUT2D eigenvalue weighted by molar-refractivity contribution is -0.124. The Labute approximate surface area is 122 Å². The topological polar surface area (TPSA) is 67.6 Å². The Morgan fingerprint density at radius 3 is 2.45 bits per heavy atom. The van der Waals surface area contributed by atoms with Gasteiger partial charge in [-0.1, -0.05) is 6.92 Å². The predicted molar refractivity (Wildman–Crippen MR) is 79.5 cm³/mol. The number of hydrogen-bond donors (Lipinski definition) is 2. The van der Waals surface area contributed by atoms with Crippen LogP contribution >= 0.6 is 0 Å². The lowest BCUT2D eigenvalue weighted by Gasteiger charge is -2.35. The highest BCUT2D eigenvalue weighted by atomic mass is 16.5. The van der Waals surface area contributed by atoms with Crippen LogP contribution in [0.15, 0.2) is 0 Å². The molecular formula is C15H29N3O2. The Morgan fingerprint density at radius 1 is 1.20 bits per heavy atom. The second kappa shape index (κ2) is 7.96. The maximum absolute atomic E-state index is 12.2. The van der Waals surface area contributed by atoms with Gasteiger partial charge in [-0.05, 0) is 45.1 Å². The predicted octanol–water partition coefficient (Wildman–Crippen LogP) is 0.873. The van der Waals surface area contributed by atoms with Crippen LogP contribution in [0, 0.1) is 0 Å². The maximum atomic E-state index is 12.2. The summed E-state index contributed by atoms with van der Waals surface area (Å²) < 4.78 is 5.32. The maximum Gasteiger partial charge on any atom is 0.234 e. The largest absolute Gasteiger partial charge is 0.381 e. The fraction of sp³-hybridized carbons (Fsp3) is 0.933. The summed E-state index contributed by atoms with van der Waals surface area (Å²) in [5.74, 6) is 0.161. The number of nitrogens with one attached hydrogen (secondary N) is 1. The van der Waals surface area contributed by atoms with Crippen molar-refractivity contribution >= 4 is 5.91 Å². The summed E-state index contributed by atoms with van der Waals surface area (Å²) >= 11 is 0. The molecule has 0 aromatic rings. The van der Waals surface area contributed by atoms with Crippen LogP contribution < -0.4 is 11.1 Å². The molecule has 1 saturated heterocycles. The van der Waals surface area contributed by atoms with Crippen molar-refractivity contribution in [1.82, 2.24) is 10.2 Å². The molecule has 1 aliphatic carbocycles. The average molecular weight is 283 g/mol. The molecule has 5 nitrogen and oxygen atoms in total. The number of likely N-dealkylation sites (N-methyl/N-ethyl adjacent to an activating group) is 1. The minimum absolute atomic E-state index is 0.161. The molecule has 0 spiro atoms. The van der Waals surface area contributed by atoms with Crippen LogP contribution in [0.1, 0.15) is 45.4 Å². The smallest absolute Gasteiger partial charge is 0.234 e. The van der Waals surface area contributed by atoms with Gasteiger partial charge < -0.3 is 15.8 Å². The summed E-state index contributed by atoms with van der Waals surface area (Å²) in [7, 11) is 0. The van der Waals surface area contributed by atoms with Crippen molar-refractivity contribution in [2.75, 3.05) is 26.3 Å². The van der Waals surface area contributed by atoms with Gasteiger partial charge in [0.15, 0.2) is 0 Å². The zero-order valence-corrected chi connectivity index (χ0v) is 12.6. The lowest BCUT2D eigenvalue weighted by Crippen LogP contribution is -2.48. The SMILES string of the molecule is CCN(CC(=O)NC1CCOCC1)C1CCC(N)CC1. The van der Waals surface area contributed by atoms with E-state index in [1.807, 2.05) is 0 Å². The molecule has 1 heterocycles. The van der Waals surface area contributed by atoms with Gasteiger partial charge in [-0.25, -0.2) is 0 Å². The molecule has 2 fully saturated rings. The molecule has 0 radical (unpaired) electrons. The number of carbonyl (C=O) groups is 1. The van der Waals surface area contributed by atoms with Crippen molar-refractivity contribution < 1.29 is 9.53 Å². The quantitative estimate of drug-likeness (QED) is 0.786. The van der Waals surface area contributed by atoms with Gasteiger partial charge in [0.1, 0.15) is 0 Å². The molecule has 5 heteroatoms. The molecule has 0 bridgehead atoms. The van der Waals surface area contributed by atoms with Crippen molar-refractivity contribution in [2.45, 2.75) is 63.6 Å². The third kappa shape index (κ3) is 4.72. The number of nitrogens with zero attached hydrogens (tertiary/aromatic N) is 1. The summed E-state index contributed by atoms with van der Waals surface area (Å²) in [4.78, 5) is 14.5. The lowest BCUT2D eigenvalue weighted by atomic mass is 9.90. The van der Waals surface area contributed by atoms with Gasteiger partial charge in [-0.2, -0.15) is 0 Å². The standard InChI is InChI=1S/C15H29N3O2/c1-2-18(14-5-3-12(16)4-6-14)11-15(19)17-13-7-9-20-10-8-13/h12-14H,2-11,16H2,1H3,(H,17,19). The molecule has 2 rings (SSSR count). The van der Waals surface area contributed by atoms with E-state index in [0.29, 0.717) is 24.7 Å². The zero-order valence-electron chi connectivity index (χ0n) is 12.6. The van der Waals surface area contributed by atoms with E-state index < -0.39 is 0 Å². The zero-order chi connectivity index (χ0) is 14.4. The number of rotatable bonds is 5. The van der Waals surface area contributed by atoms with Crippen molar-refractivity contribution in [3.63, 3.8) is 0 Å². The summed E-state index contributed by atoms with van der Waals surface area (Å²) in [6.07, 6.45) is 6.30. The van der Waals surface area contributed by atoms with E-state index in [0.717, 1.165) is 58.3 Å². The fourth-order valence-electron chi connectivity index (χ4n) is 3.27. The normalized spacial score (nSPS) is 28.6. The van der Waals surface area contributed by atoms with Gasteiger partial charge >= 0.3 is 0 Å². The molecular weight excluding hydrogens is 254 g/mol. The first kappa shape index (κ1) is 15.7. The van der Waals surface area contributed by atoms with Gasteiger partial charge in [0, 0.05) is 31.3 Å². The first-order chi connectivity index (χ1) is 9.69. The van der Waals surface area contributed by atoms with Gasteiger partial charge in [-0.3, -0.25) is 9.69 Å². The van der Waals surface area contributed by atoms with Gasteiger partial charge in [0.25, 0.3) is 0 Å². The number of hydrogen-bond acceptors (Lipinski definition) is 4. The average Bonchev–Trinajstić information content (AvgIpc) is 2.47. The summed E-state index contributed by atoms with van der Waals surface area (Å²) in [5.41, 5.74) is 5.95. The molecule has 2 aliphatic rings. The Hall–Kier alpha value is -0.650. The van der Waals surface area contributed by atoms with Crippen molar-refractivity contribution in [2.24, 2.45) is 5.73 Å². The third-order valence-corrected chi connectivity index (χ3v) is 4.60. The first-order valence-electron chi connectivity index (χ1n) is 8.05. The monoisotopic (exact) mass is 283 g/mol. The van der Waals surface area contributed by atoms with E-state index in [4.69, 9.17) is 10.5 Å². The van der Waals surface area contributed by atoms with E-state index in [1.54, 1.807) is 0 Å². The molecule has 116 valence electrons. The number of amides is 1. The van der Waals surface area contributed by atoms with E-state index in [1.165, 1.54) is 0 Å². The van der Waals surface area contributed by atoms with Gasteiger partial charge in [0.2, 0.25) is 5.91 Å². The fourth-order valence-corrected chi connectivity index (χ4v) is 3.27. The van der Waals surface area contributed by atoms with Crippen molar-refractivity contribution in [3.05, 3.63) is 0 Å². The molecule has 3 N–H and O–H groups in total. The molecule has 1 aliphatic heterocycles. The molecule has 0 atom stereocenters. The van der Waals surface area contributed by atoms with Crippen molar-refractivity contribution in [1.29, 1.82) is 0 Å². The van der Waals surface area contributed by atoms with E-state index in [2.05, 4.69) is 17.1 Å². The van der Waals surface area contributed by atoms with Crippen LogP contribution in [0.25, 0.3) is 0 Å². The molecule has 1 saturated carbocycles.